The van der Waals surface area contributed by atoms with E-state index in [1.165, 1.54) is 6.07 Å². The largest absolute Gasteiger partial charge is 0.325 e. The summed E-state index contributed by atoms with van der Waals surface area (Å²) in [6.45, 7) is 7.05. The fourth-order valence-electron chi connectivity index (χ4n) is 1.54. The predicted octanol–water partition coefficient (Wildman–Crippen LogP) is 0.805. The van der Waals surface area contributed by atoms with Crippen LogP contribution >= 0.6 is 0 Å². The van der Waals surface area contributed by atoms with Crippen LogP contribution in [-0.4, -0.2) is 36.1 Å². The fourth-order valence-corrected chi connectivity index (χ4v) is 1.54. The van der Waals surface area contributed by atoms with Crippen LogP contribution in [0, 0.1) is 0 Å². The third-order valence-corrected chi connectivity index (χ3v) is 2.60. The van der Waals surface area contributed by atoms with Gasteiger partial charge in [-0.2, -0.15) is 0 Å². The number of rotatable bonds is 6. The second-order valence-corrected chi connectivity index (χ2v) is 4.18. The van der Waals surface area contributed by atoms with Gasteiger partial charge in [0.15, 0.2) is 0 Å². The molecule has 1 unspecified atom stereocenters. The van der Waals surface area contributed by atoms with Gasteiger partial charge >= 0.3 is 0 Å². The van der Waals surface area contributed by atoms with Gasteiger partial charge in [0.1, 0.15) is 0 Å². The summed E-state index contributed by atoms with van der Waals surface area (Å²) in [5.74, 6) is 0. The van der Waals surface area contributed by atoms with Crippen molar-refractivity contribution in [2.24, 2.45) is 0 Å². The zero-order chi connectivity index (χ0) is 12.0. The monoisotopic (exact) mass is 223 g/mol. The number of pyridine rings is 1. The third kappa shape index (κ3) is 4.59. The van der Waals surface area contributed by atoms with Crippen LogP contribution in [0.4, 0.5) is 0 Å². The van der Waals surface area contributed by atoms with E-state index < -0.39 is 0 Å². The van der Waals surface area contributed by atoms with Crippen molar-refractivity contribution in [3.05, 3.63) is 34.2 Å². The number of hydrogen-bond acceptors (Lipinski definition) is 3. The zero-order valence-electron chi connectivity index (χ0n) is 10.3. The van der Waals surface area contributed by atoms with Crippen molar-refractivity contribution in [3.63, 3.8) is 0 Å². The molecular weight excluding hydrogens is 202 g/mol. The number of hydrogen-bond donors (Lipinski definition) is 2. The standard InChI is InChI=1S/C12H21N3O/c1-4-15(3)9-10(2)13-8-11-6-5-7-12(16)14-11/h5-7,10,13H,4,8-9H2,1-3H3,(H,14,16). The van der Waals surface area contributed by atoms with Gasteiger partial charge in [-0.1, -0.05) is 13.0 Å². The van der Waals surface area contributed by atoms with Gasteiger partial charge in [0, 0.05) is 30.9 Å². The van der Waals surface area contributed by atoms with Crippen LogP contribution in [0.25, 0.3) is 0 Å². The molecule has 0 aliphatic rings. The maximum atomic E-state index is 11.1. The molecule has 90 valence electrons. The quantitative estimate of drug-likeness (QED) is 0.750. The molecule has 1 aromatic heterocycles. The molecule has 0 aliphatic carbocycles. The highest BCUT2D eigenvalue weighted by Crippen LogP contribution is 1.93. The lowest BCUT2D eigenvalue weighted by molar-refractivity contribution is 0.309. The van der Waals surface area contributed by atoms with Gasteiger partial charge < -0.3 is 15.2 Å². The lowest BCUT2D eigenvalue weighted by Gasteiger charge is -2.20. The number of aromatic amines is 1. The first kappa shape index (κ1) is 12.9. The normalized spacial score (nSPS) is 13.0. The number of nitrogens with zero attached hydrogens (tertiary/aromatic N) is 1. The number of aromatic nitrogens is 1. The highest BCUT2D eigenvalue weighted by atomic mass is 16.1. The minimum absolute atomic E-state index is 0.0439. The minimum atomic E-state index is -0.0439. The molecule has 0 bridgehead atoms. The first-order valence-corrected chi connectivity index (χ1v) is 5.72. The number of nitrogens with one attached hydrogen (secondary N) is 2. The van der Waals surface area contributed by atoms with E-state index in [1.807, 2.05) is 6.07 Å². The zero-order valence-corrected chi connectivity index (χ0v) is 10.3. The molecule has 0 radical (unpaired) electrons. The van der Waals surface area contributed by atoms with Gasteiger partial charge in [-0.25, -0.2) is 0 Å². The summed E-state index contributed by atoms with van der Waals surface area (Å²) in [6.07, 6.45) is 0. The van der Waals surface area contributed by atoms with Gasteiger partial charge in [-0.05, 0) is 26.6 Å². The molecule has 0 aromatic carbocycles. The lowest BCUT2D eigenvalue weighted by Crippen LogP contribution is -2.37. The summed E-state index contributed by atoms with van der Waals surface area (Å²) in [5, 5.41) is 3.38. The number of likely N-dealkylation sites (N-methyl/N-ethyl adjacent to an activating group) is 1. The summed E-state index contributed by atoms with van der Waals surface area (Å²) in [6, 6.07) is 5.63. The Morgan fingerprint density at radius 2 is 2.25 bits per heavy atom. The van der Waals surface area contributed by atoms with Crippen LogP contribution in [0.2, 0.25) is 0 Å². The first-order chi connectivity index (χ1) is 7.61. The molecular formula is C12H21N3O. The van der Waals surface area contributed by atoms with E-state index in [0.29, 0.717) is 12.6 Å². The van der Waals surface area contributed by atoms with E-state index in [-0.39, 0.29) is 5.56 Å². The van der Waals surface area contributed by atoms with Crippen molar-refractivity contribution >= 4 is 0 Å². The predicted molar refractivity (Wildman–Crippen MR) is 66.5 cm³/mol. The maximum Gasteiger partial charge on any atom is 0.248 e. The summed E-state index contributed by atoms with van der Waals surface area (Å²) in [7, 11) is 2.10. The molecule has 1 aromatic rings. The summed E-state index contributed by atoms with van der Waals surface area (Å²) >= 11 is 0. The van der Waals surface area contributed by atoms with Crippen molar-refractivity contribution in [2.45, 2.75) is 26.4 Å². The van der Waals surface area contributed by atoms with Gasteiger partial charge in [0.25, 0.3) is 0 Å². The van der Waals surface area contributed by atoms with Crippen LogP contribution in [0.3, 0.4) is 0 Å². The Kier molecular flexibility index (Phi) is 5.22. The minimum Gasteiger partial charge on any atom is -0.325 e. The van der Waals surface area contributed by atoms with E-state index in [4.69, 9.17) is 0 Å². The molecule has 1 atom stereocenters. The molecule has 4 heteroatoms. The Morgan fingerprint density at radius 3 is 2.88 bits per heavy atom. The smallest absolute Gasteiger partial charge is 0.248 e. The van der Waals surface area contributed by atoms with E-state index in [9.17, 15) is 4.79 Å². The van der Waals surface area contributed by atoms with Gasteiger partial charge in [0.05, 0.1) is 0 Å². The van der Waals surface area contributed by atoms with Crippen molar-refractivity contribution in [1.82, 2.24) is 15.2 Å². The van der Waals surface area contributed by atoms with Crippen molar-refractivity contribution in [2.75, 3.05) is 20.1 Å². The van der Waals surface area contributed by atoms with Crippen LogP contribution in [0.15, 0.2) is 23.0 Å². The van der Waals surface area contributed by atoms with E-state index >= 15 is 0 Å². The van der Waals surface area contributed by atoms with Crippen molar-refractivity contribution in [3.8, 4) is 0 Å². The van der Waals surface area contributed by atoms with Crippen molar-refractivity contribution in [1.29, 1.82) is 0 Å². The molecule has 0 saturated carbocycles. The lowest BCUT2D eigenvalue weighted by atomic mass is 10.3. The number of H-pyrrole nitrogens is 1. The Morgan fingerprint density at radius 1 is 1.50 bits per heavy atom. The first-order valence-electron chi connectivity index (χ1n) is 5.72. The highest BCUT2D eigenvalue weighted by molar-refractivity contribution is 5.03. The Balaban J connectivity index is 2.37. The molecule has 4 nitrogen and oxygen atoms in total. The van der Waals surface area contributed by atoms with Crippen LogP contribution in [0.1, 0.15) is 19.5 Å². The van der Waals surface area contributed by atoms with Gasteiger partial charge in [0.2, 0.25) is 5.56 Å². The Labute approximate surface area is 96.7 Å². The molecule has 1 rings (SSSR count). The van der Waals surface area contributed by atoms with Crippen LogP contribution in [0.5, 0.6) is 0 Å². The van der Waals surface area contributed by atoms with E-state index in [2.05, 4.69) is 36.1 Å². The highest BCUT2D eigenvalue weighted by Gasteiger charge is 2.04. The maximum absolute atomic E-state index is 11.1. The SMILES string of the molecule is CCN(C)CC(C)NCc1cccc(=O)[nH]1. The molecule has 2 N–H and O–H groups in total. The average molecular weight is 223 g/mol. The molecule has 1 heterocycles. The third-order valence-electron chi connectivity index (χ3n) is 2.60. The fraction of sp³-hybridized carbons (Fsp3) is 0.583. The molecule has 0 aliphatic heterocycles. The van der Waals surface area contributed by atoms with Crippen molar-refractivity contribution < 1.29 is 0 Å². The molecule has 0 spiro atoms. The molecule has 16 heavy (non-hydrogen) atoms. The molecule has 0 fully saturated rings. The second kappa shape index (κ2) is 6.45. The van der Waals surface area contributed by atoms with Gasteiger partial charge in [-0.15, -0.1) is 0 Å². The van der Waals surface area contributed by atoms with Crippen LogP contribution < -0.4 is 10.9 Å². The Bertz CT molecular complexity index is 361. The Hall–Kier alpha value is -1.13. The molecule has 0 saturated heterocycles. The molecule has 0 amide bonds. The average Bonchev–Trinajstić information content (AvgIpc) is 2.26. The van der Waals surface area contributed by atoms with Crippen LogP contribution in [-0.2, 0) is 6.54 Å². The topological polar surface area (TPSA) is 48.1 Å². The second-order valence-electron chi connectivity index (χ2n) is 4.18. The van der Waals surface area contributed by atoms with E-state index in [1.54, 1.807) is 6.07 Å². The summed E-state index contributed by atoms with van der Waals surface area (Å²) in [4.78, 5) is 16.1. The summed E-state index contributed by atoms with van der Waals surface area (Å²) in [5.41, 5.74) is 0.885. The summed E-state index contributed by atoms with van der Waals surface area (Å²) < 4.78 is 0. The van der Waals surface area contributed by atoms with E-state index in [0.717, 1.165) is 18.8 Å². The van der Waals surface area contributed by atoms with Gasteiger partial charge in [-0.3, -0.25) is 4.79 Å².